The summed E-state index contributed by atoms with van der Waals surface area (Å²) in [6.07, 6.45) is 14.6. The number of sulfone groups is 1. The molecule has 5 amide bonds. The highest BCUT2D eigenvalue weighted by Crippen LogP contribution is 2.66. The smallest absolute Gasteiger partial charge is 0.315 e. The number of urea groups is 1. The Hall–Kier alpha value is -2.70. The van der Waals surface area contributed by atoms with E-state index in [0.29, 0.717) is 32.2 Å². The molecule has 0 radical (unpaired) electrons. The third kappa shape index (κ3) is 8.44. The van der Waals surface area contributed by atoms with Gasteiger partial charge in [0.05, 0.1) is 22.1 Å². The van der Waals surface area contributed by atoms with Gasteiger partial charge in [-0.1, -0.05) is 58.8 Å². The lowest BCUT2D eigenvalue weighted by atomic mass is 9.70. The molecule has 1 heterocycles. The molecule has 13 heteroatoms. The zero-order valence-electron chi connectivity index (χ0n) is 32.8. The van der Waals surface area contributed by atoms with Crippen molar-refractivity contribution in [3.8, 4) is 0 Å². The van der Waals surface area contributed by atoms with E-state index in [1.54, 1.807) is 25.7 Å². The van der Waals surface area contributed by atoms with Gasteiger partial charge in [0.2, 0.25) is 17.6 Å². The first-order valence-electron chi connectivity index (χ1n) is 20.7. The first kappa shape index (κ1) is 40.0. The van der Waals surface area contributed by atoms with Gasteiger partial charge in [0.25, 0.3) is 5.91 Å². The molecule has 1 saturated heterocycles. The Morgan fingerprint density at radius 3 is 2.02 bits per heavy atom. The number of Topliss-reactive ketones (excluding diaryl/α,β-unsaturated/α-hetero) is 1. The molecule has 5 aliphatic carbocycles. The Balaban J connectivity index is 1.27. The fourth-order valence-electron chi connectivity index (χ4n) is 10.2. The number of carbonyl (C=O) groups excluding carboxylic acids is 5. The highest BCUT2D eigenvalue weighted by Gasteiger charge is 2.64. The van der Waals surface area contributed by atoms with Gasteiger partial charge in [-0.15, -0.1) is 0 Å². The molecule has 6 aliphatic rings. The molecular formula is C40H65N5O7S. The minimum absolute atomic E-state index is 0.0139. The van der Waals surface area contributed by atoms with Gasteiger partial charge < -0.3 is 26.2 Å². The summed E-state index contributed by atoms with van der Waals surface area (Å²) < 4.78 is 26.0. The predicted molar refractivity (Wildman–Crippen MR) is 202 cm³/mol. The summed E-state index contributed by atoms with van der Waals surface area (Å²) in [5.74, 6) is -2.10. The van der Waals surface area contributed by atoms with Crippen molar-refractivity contribution >= 4 is 39.4 Å². The number of hydrogen-bond acceptors (Lipinski definition) is 7. The maximum atomic E-state index is 15.2. The van der Waals surface area contributed by atoms with Crippen molar-refractivity contribution < 1.29 is 32.4 Å². The van der Waals surface area contributed by atoms with Crippen LogP contribution in [0.1, 0.15) is 150 Å². The topological polar surface area (TPSA) is 171 Å². The summed E-state index contributed by atoms with van der Waals surface area (Å²) in [6.45, 7) is 9.43. The molecule has 5 atom stereocenters. The lowest BCUT2D eigenvalue weighted by Crippen LogP contribution is -2.64. The van der Waals surface area contributed by atoms with E-state index in [-0.39, 0.29) is 35.0 Å². The molecule has 0 aromatic rings. The van der Waals surface area contributed by atoms with Crippen LogP contribution < -0.4 is 21.3 Å². The summed E-state index contributed by atoms with van der Waals surface area (Å²) >= 11 is 0. The molecule has 1 unspecified atom stereocenters. The van der Waals surface area contributed by atoms with Crippen LogP contribution in [0.2, 0.25) is 0 Å². The monoisotopic (exact) mass is 759 g/mol. The van der Waals surface area contributed by atoms with E-state index >= 15 is 4.79 Å². The van der Waals surface area contributed by atoms with Crippen LogP contribution in [0.15, 0.2) is 0 Å². The normalized spacial score (nSPS) is 28.3. The molecule has 0 aromatic carbocycles. The molecule has 53 heavy (non-hydrogen) atoms. The van der Waals surface area contributed by atoms with Gasteiger partial charge in [-0.2, -0.15) is 0 Å². The molecule has 0 aromatic heterocycles. The van der Waals surface area contributed by atoms with Crippen molar-refractivity contribution in [1.29, 1.82) is 0 Å². The molecule has 1 aliphatic heterocycles. The van der Waals surface area contributed by atoms with Crippen molar-refractivity contribution in [1.82, 2.24) is 26.2 Å². The maximum absolute atomic E-state index is 15.2. The van der Waals surface area contributed by atoms with Crippen LogP contribution in [0, 0.1) is 22.7 Å². The number of nitrogens with one attached hydrogen (secondary N) is 4. The Labute approximate surface area is 316 Å². The minimum atomic E-state index is -3.56. The molecule has 1 spiro atoms. The molecule has 0 bridgehead atoms. The fraction of sp³-hybridized carbons (Fsp3) is 0.875. The summed E-state index contributed by atoms with van der Waals surface area (Å²) in [7, 11) is -3.56. The summed E-state index contributed by atoms with van der Waals surface area (Å²) in [5, 5.41) is 11.9. The standard InChI is InChI=1S/C40H65N5O7S/c1-6-13-29(31(46)34(48)41-26-14-15-26)42-33(47)30-27-16-21-39(22-23-39)28(27)24-45(30)35(49)32(38(5)17-9-7-10-18-38)43-36(50)44-40(19-11-8-12-20-40)25-53(51,52)37(2,3)4/h26-30,32H,6-25H2,1-5H3,(H,41,48)(H,42,47)(H2,43,44,50)/t27-,28-,29?,30-,32+/m0/s1. The number of carbonyl (C=O) groups is 5. The van der Waals surface area contributed by atoms with Crippen LogP contribution in [0.3, 0.4) is 0 Å². The van der Waals surface area contributed by atoms with Crippen LogP contribution in [0.4, 0.5) is 4.79 Å². The van der Waals surface area contributed by atoms with Crippen molar-refractivity contribution in [2.75, 3.05) is 12.3 Å². The third-order valence-corrected chi connectivity index (χ3v) is 16.8. The molecule has 6 rings (SSSR count). The highest BCUT2D eigenvalue weighted by molar-refractivity contribution is 7.92. The van der Waals surface area contributed by atoms with E-state index in [1.807, 2.05) is 6.92 Å². The SMILES string of the molecule is CCCC(NC(=O)[C@@H]1[C@H]2CCC3(CC3)[C@H]2CN1C(=O)[C@@H](NC(=O)NC1(CS(=O)(=O)C(C)(C)C)CCCCC1)C1(C)CCCCC1)C(=O)C(=O)NC1CC1. The first-order chi connectivity index (χ1) is 24.9. The van der Waals surface area contributed by atoms with Gasteiger partial charge in [0, 0.05) is 12.6 Å². The van der Waals surface area contributed by atoms with Crippen molar-refractivity contribution in [3.63, 3.8) is 0 Å². The molecular weight excluding hydrogens is 695 g/mol. The van der Waals surface area contributed by atoms with Gasteiger partial charge in [0.1, 0.15) is 12.1 Å². The van der Waals surface area contributed by atoms with Gasteiger partial charge in [-0.3, -0.25) is 19.2 Å². The van der Waals surface area contributed by atoms with E-state index in [2.05, 4.69) is 28.2 Å². The van der Waals surface area contributed by atoms with Crippen LogP contribution in [-0.2, 0) is 29.0 Å². The average Bonchev–Trinajstić information content (AvgIpc) is 4.00. The van der Waals surface area contributed by atoms with E-state index < -0.39 is 67.3 Å². The second kappa shape index (κ2) is 15.1. The predicted octanol–water partition coefficient (Wildman–Crippen LogP) is 4.69. The summed E-state index contributed by atoms with van der Waals surface area (Å²) in [4.78, 5) is 71.6. The van der Waals surface area contributed by atoms with E-state index in [0.717, 1.165) is 89.9 Å². The zero-order valence-corrected chi connectivity index (χ0v) is 33.6. The van der Waals surface area contributed by atoms with Gasteiger partial charge in [-0.25, -0.2) is 13.2 Å². The fourth-order valence-corrected chi connectivity index (χ4v) is 11.8. The van der Waals surface area contributed by atoms with Crippen LogP contribution in [0.25, 0.3) is 0 Å². The lowest BCUT2D eigenvalue weighted by molar-refractivity contribution is -0.145. The summed E-state index contributed by atoms with van der Waals surface area (Å²) in [6, 6.07) is -3.25. The quantitative estimate of drug-likeness (QED) is 0.198. The largest absolute Gasteiger partial charge is 0.347 e. The summed E-state index contributed by atoms with van der Waals surface area (Å²) in [5.41, 5.74) is -1.38. The number of likely N-dealkylation sites (tertiary alicyclic amines) is 1. The van der Waals surface area contributed by atoms with Crippen LogP contribution in [0.5, 0.6) is 0 Å². The van der Waals surface area contributed by atoms with Crippen molar-refractivity contribution in [3.05, 3.63) is 0 Å². The number of ketones is 1. The Kier molecular flexibility index (Phi) is 11.4. The zero-order chi connectivity index (χ0) is 38.4. The number of rotatable bonds is 13. The minimum Gasteiger partial charge on any atom is -0.347 e. The Morgan fingerprint density at radius 2 is 1.45 bits per heavy atom. The first-order valence-corrected chi connectivity index (χ1v) is 22.3. The number of nitrogens with zero attached hydrogens (tertiary/aromatic N) is 1. The van der Waals surface area contributed by atoms with E-state index in [9.17, 15) is 27.6 Å². The Bertz CT molecular complexity index is 1540. The lowest BCUT2D eigenvalue weighted by Gasteiger charge is -2.44. The molecule has 298 valence electrons. The average molecular weight is 760 g/mol. The van der Waals surface area contributed by atoms with Crippen LogP contribution in [-0.4, -0.2) is 89.6 Å². The molecule has 6 fully saturated rings. The van der Waals surface area contributed by atoms with E-state index in [1.165, 1.54) is 0 Å². The van der Waals surface area contributed by atoms with Gasteiger partial charge in [0.15, 0.2) is 9.84 Å². The number of hydrogen-bond donors (Lipinski definition) is 4. The number of fused-ring (bicyclic) bond motifs is 2. The molecule has 4 N–H and O–H groups in total. The van der Waals surface area contributed by atoms with Crippen molar-refractivity contribution in [2.24, 2.45) is 22.7 Å². The van der Waals surface area contributed by atoms with Gasteiger partial charge in [-0.05, 0) is 114 Å². The second-order valence-corrected chi connectivity index (χ2v) is 21.8. The number of amides is 5. The van der Waals surface area contributed by atoms with Crippen LogP contribution >= 0.6 is 0 Å². The third-order valence-electron chi connectivity index (χ3n) is 14.0. The van der Waals surface area contributed by atoms with E-state index in [4.69, 9.17) is 0 Å². The molecule has 5 saturated carbocycles. The maximum Gasteiger partial charge on any atom is 0.315 e. The van der Waals surface area contributed by atoms with Gasteiger partial charge >= 0.3 is 6.03 Å². The second-order valence-electron chi connectivity index (χ2n) is 19.0. The van der Waals surface area contributed by atoms with Crippen molar-refractivity contribution in [2.45, 2.75) is 185 Å². The highest BCUT2D eigenvalue weighted by atomic mass is 32.2. The molecule has 12 nitrogen and oxygen atoms in total. The Morgan fingerprint density at radius 1 is 0.830 bits per heavy atom.